The Kier molecular flexibility index (Phi) is 6.88. The number of nitrogens with one attached hydrogen (secondary N) is 2. The van der Waals surface area contributed by atoms with Gasteiger partial charge in [0.1, 0.15) is 6.04 Å². The number of aryl methyl sites for hydroxylation is 1. The van der Waals surface area contributed by atoms with E-state index in [9.17, 15) is 13.2 Å². The Balaban J connectivity index is 2.12. The fourth-order valence-electron chi connectivity index (χ4n) is 2.53. The minimum Gasteiger partial charge on any atom is -0.351 e. The van der Waals surface area contributed by atoms with E-state index >= 15 is 0 Å². The van der Waals surface area contributed by atoms with Crippen molar-refractivity contribution in [3.8, 4) is 0 Å². The topological polar surface area (TPSA) is 88.2 Å². The van der Waals surface area contributed by atoms with Crippen LogP contribution in [0, 0.1) is 12.8 Å². The van der Waals surface area contributed by atoms with E-state index in [0.29, 0.717) is 13.0 Å². The molecule has 7 heteroatoms. The van der Waals surface area contributed by atoms with Crippen LogP contribution in [-0.4, -0.2) is 25.4 Å². The molecule has 0 bridgehead atoms. The molecule has 26 heavy (non-hydrogen) atoms. The molecule has 1 heterocycles. The first kappa shape index (κ1) is 20.1. The molecule has 1 amide bonds. The molecule has 0 saturated heterocycles. The maximum absolute atomic E-state index is 12.7. The number of carbonyl (C=O) groups excluding carboxylic acids is 1. The van der Waals surface area contributed by atoms with Gasteiger partial charge in [-0.1, -0.05) is 32.0 Å². The zero-order valence-corrected chi connectivity index (χ0v) is 16.1. The van der Waals surface area contributed by atoms with Crippen molar-refractivity contribution in [2.45, 2.75) is 44.7 Å². The number of pyridine rings is 1. The summed E-state index contributed by atoms with van der Waals surface area (Å²) in [4.78, 5) is 16.7. The highest BCUT2D eigenvalue weighted by atomic mass is 32.2. The van der Waals surface area contributed by atoms with Gasteiger partial charge in [-0.2, -0.15) is 4.72 Å². The van der Waals surface area contributed by atoms with E-state index in [1.54, 1.807) is 30.6 Å². The zero-order chi connectivity index (χ0) is 19.2. The lowest BCUT2D eigenvalue weighted by atomic mass is 10.0. The average Bonchev–Trinajstić information content (AvgIpc) is 2.59. The molecule has 2 N–H and O–H groups in total. The number of rotatable bonds is 8. The summed E-state index contributed by atoms with van der Waals surface area (Å²) in [7, 11) is -3.78. The molecule has 0 radical (unpaired) electrons. The van der Waals surface area contributed by atoms with Crippen molar-refractivity contribution < 1.29 is 13.2 Å². The second-order valence-corrected chi connectivity index (χ2v) is 8.41. The van der Waals surface area contributed by atoms with Gasteiger partial charge in [0, 0.05) is 18.9 Å². The number of carbonyl (C=O) groups is 1. The number of benzene rings is 1. The van der Waals surface area contributed by atoms with E-state index in [4.69, 9.17) is 0 Å². The predicted molar refractivity (Wildman–Crippen MR) is 101 cm³/mol. The highest BCUT2D eigenvalue weighted by molar-refractivity contribution is 7.89. The van der Waals surface area contributed by atoms with E-state index in [0.717, 1.165) is 11.1 Å². The van der Waals surface area contributed by atoms with E-state index in [2.05, 4.69) is 15.0 Å². The number of hydrogen-bond acceptors (Lipinski definition) is 4. The summed E-state index contributed by atoms with van der Waals surface area (Å²) in [6.07, 6.45) is 3.72. The molecule has 0 spiro atoms. The van der Waals surface area contributed by atoms with Gasteiger partial charge in [0.25, 0.3) is 0 Å². The van der Waals surface area contributed by atoms with Gasteiger partial charge in [0.15, 0.2) is 0 Å². The van der Waals surface area contributed by atoms with Crippen molar-refractivity contribution in [2.24, 2.45) is 5.92 Å². The van der Waals surface area contributed by atoms with Crippen molar-refractivity contribution in [3.05, 3.63) is 59.9 Å². The number of hydrogen-bond donors (Lipinski definition) is 2. The van der Waals surface area contributed by atoms with Gasteiger partial charge in [-0.15, -0.1) is 0 Å². The third kappa shape index (κ3) is 5.93. The number of amides is 1. The molecule has 2 aromatic rings. The second-order valence-electron chi connectivity index (χ2n) is 6.70. The molecule has 140 valence electrons. The van der Waals surface area contributed by atoms with Gasteiger partial charge in [-0.25, -0.2) is 8.42 Å². The molecule has 1 aromatic carbocycles. The van der Waals surface area contributed by atoms with Gasteiger partial charge in [0.05, 0.1) is 4.90 Å². The van der Waals surface area contributed by atoms with Crippen molar-refractivity contribution in [1.82, 2.24) is 15.0 Å². The molecule has 0 aliphatic carbocycles. The summed E-state index contributed by atoms with van der Waals surface area (Å²) in [5.74, 6) is -0.192. The zero-order valence-electron chi connectivity index (χ0n) is 15.3. The molecule has 6 nitrogen and oxygen atoms in total. The highest BCUT2D eigenvalue weighted by Crippen LogP contribution is 2.14. The van der Waals surface area contributed by atoms with Gasteiger partial charge < -0.3 is 5.32 Å². The minimum absolute atomic E-state index is 0.157. The molecule has 1 atom stereocenters. The van der Waals surface area contributed by atoms with Crippen LogP contribution in [0.4, 0.5) is 0 Å². The van der Waals surface area contributed by atoms with Crippen molar-refractivity contribution in [1.29, 1.82) is 0 Å². The van der Waals surface area contributed by atoms with E-state index in [1.807, 2.05) is 32.9 Å². The smallest absolute Gasteiger partial charge is 0.241 e. The molecular weight excluding hydrogens is 350 g/mol. The van der Waals surface area contributed by atoms with E-state index in [1.165, 1.54) is 6.07 Å². The monoisotopic (exact) mass is 375 g/mol. The standard InChI is InChI=1S/C19H25N3O3S/c1-14(2)10-18(19(23)21-13-16-7-5-9-20-12-16)22-26(24,25)17-8-4-6-15(3)11-17/h4-9,11-12,14,18,22H,10,13H2,1-3H3,(H,21,23)/t18-/m0/s1. The molecule has 1 aromatic heterocycles. The average molecular weight is 375 g/mol. The van der Waals surface area contributed by atoms with Crippen molar-refractivity contribution in [2.75, 3.05) is 0 Å². The molecule has 0 aliphatic heterocycles. The Bertz CT molecular complexity index is 836. The van der Waals surface area contributed by atoms with Crippen LogP contribution in [0.15, 0.2) is 53.7 Å². The van der Waals surface area contributed by atoms with Crippen LogP contribution in [0.2, 0.25) is 0 Å². The first-order valence-electron chi connectivity index (χ1n) is 8.53. The lowest BCUT2D eigenvalue weighted by Gasteiger charge is -2.20. The summed E-state index contributed by atoms with van der Waals surface area (Å²) in [5, 5.41) is 2.78. The van der Waals surface area contributed by atoms with Crippen LogP contribution < -0.4 is 10.0 Å². The number of aromatic nitrogens is 1. The Morgan fingerprint density at radius 1 is 1.19 bits per heavy atom. The fraction of sp³-hybridized carbons (Fsp3) is 0.368. The quantitative estimate of drug-likeness (QED) is 0.742. The van der Waals surface area contributed by atoms with Crippen LogP contribution in [0.25, 0.3) is 0 Å². The third-order valence-electron chi connectivity index (χ3n) is 3.81. The lowest BCUT2D eigenvalue weighted by Crippen LogP contribution is -2.47. The lowest BCUT2D eigenvalue weighted by molar-refractivity contribution is -0.123. The maximum atomic E-state index is 12.7. The maximum Gasteiger partial charge on any atom is 0.241 e. The highest BCUT2D eigenvalue weighted by Gasteiger charge is 2.26. The Labute approximate surface area is 155 Å². The number of nitrogens with zero attached hydrogens (tertiary/aromatic N) is 1. The Morgan fingerprint density at radius 3 is 2.58 bits per heavy atom. The summed E-state index contributed by atoms with van der Waals surface area (Å²) in [6.45, 7) is 6.02. The molecular formula is C19H25N3O3S. The fourth-order valence-corrected chi connectivity index (χ4v) is 3.85. The molecule has 0 saturated carbocycles. The van der Waals surface area contributed by atoms with Crippen LogP contribution >= 0.6 is 0 Å². The van der Waals surface area contributed by atoms with Gasteiger partial charge >= 0.3 is 0 Å². The van der Waals surface area contributed by atoms with E-state index in [-0.39, 0.29) is 16.7 Å². The van der Waals surface area contributed by atoms with Crippen LogP contribution in [-0.2, 0) is 21.4 Å². The second kappa shape index (κ2) is 8.91. The summed E-state index contributed by atoms with van der Waals surface area (Å²) in [5.41, 5.74) is 1.69. The minimum atomic E-state index is -3.78. The van der Waals surface area contributed by atoms with E-state index < -0.39 is 16.1 Å². The van der Waals surface area contributed by atoms with Crippen molar-refractivity contribution in [3.63, 3.8) is 0 Å². The first-order chi connectivity index (χ1) is 12.3. The van der Waals surface area contributed by atoms with Crippen LogP contribution in [0.1, 0.15) is 31.4 Å². The van der Waals surface area contributed by atoms with Crippen LogP contribution in [0.5, 0.6) is 0 Å². The van der Waals surface area contributed by atoms with Crippen LogP contribution in [0.3, 0.4) is 0 Å². The summed E-state index contributed by atoms with van der Waals surface area (Å²) < 4.78 is 27.9. The molecule has 0 unspecified atom stereocenters. The SMILES string of the molecule is Cc1cccc(S(=O)(=O)N[C@@H](CC(C)C)C(=O)NCc2cccnc2)c1. The van der Waals surface area contributed by atoms with Gasteiger partial charge in [-0.3, -0.25) is 9.78 Å². The Morgan fingerprint density at radius 2 is 1.96 bits per heavy atom. The normalized spacial score (nSPS) is 12.8. The molecule has 0 fully saturated rings. The predicted octanol–water partition coefficient (Wildman–Crippen LogP) is 2.40. The largest absolute Gasteiger partial charge is 0.351 e. The van der Waals surface area contributed by atoms with Gasteiger partial charge in [0.2, 0.25) is 15.9 Å². The van der Waals surface area contributed by atoms with Crippen molar-refractivity contribution >= 4 is 15.9 Å². The first-order valence-corrected chi connectivity index (χ1v) is 10.0. The Hall–Kier alpha value is -2.25. The summed E-state index contributed by atoms with van der Waals surface area (Å²) in [6, 6.07) is 9.42. The third-order valence-corrected chi connectivity index (χ3v) is 5.28. The molecule has 2 rings (SSSR count). The number of sulfonamides is 1. The molecule has 0 aliphatic rings. The van der Waals surface area contributed by atoms with Gasteiger partial charge in [-0.05, 0) is 48.6 Å². The summed E-state index contributed by atoms with van der Waals surface area (Å²) >= 11 is 0.